The second kappa shape index (κ2) is 7.35. The van der Waals surface area contributed by atoms with Crippen LogP contribution in [0.5, 0.6) is 17.2 Å². The van der Waals surface area contributed by atoms with Gasteiger partial charge in [0.25, 0.3) is 0 Å². The average Bonchev–Trinajstić information content (AvgIpc) is 2.46. The van der Waals surface area contributed by atoms with Crippen molar-refractivity contribution >= 4 is 6.03 Å². The Morgan fingerprint density at radius 2 is 1.68 bits per heavy atom. The number of hydrogen-bond donors (Lipinski definition) is 2. The van der Waals surface area contributed by atoms with Crippen LogP contribution in [-0.2, 0) is 6.42 Å². The Kier molecular flexibility index (Phi) is 5.78. The van der Waals surface area contributed by atoms with Crippen LogP contribution in [0.2, 0.25) is 0 Å². The van der Waals surface area contributed by atoms with Crippen LogP contribution in [0, 0.1) is 0 Å². The monoisotopic (exact) mass is 268 g/mol. The van der Waals surface area contributed by atoms with E-state index in [0.717, 1.165) is 5.56 Å². The minimum absolute atomic E-state index is 0.216. The lowest BCUT2D eigenvalue weighted by atomic mass is 10.1. The lowest BCUT2D eigenvalue weighted by Crippen LogP contribution is -2.34. The van der Waals surface area contributed by atoms with Crippen LogP contribution in [0.1, 0.15) is 5.56 Å². The number of methoxy groups -OCH3 is 3. The van der Waals surface area contributed by atoms with Crippen molar-refractivity contribution in [1.82, 2.24) is 10.6 Å². The van der Waals surface area contributed by atoms with E-state index in [4.69, 9.17) is 14.2 Å². The third-order valence-electron chi connectivity index (χ3n) is 2.70. The quantitative estimate of drug-likeness (QED) is 0.813. The van der Waals surface area contributed by atoms with Crippen molar-refractivity contribution in [3.05, 3.63) is 17.7 Å². The summed E-state index contributed by atoms with van der Waals surface area (Å²) in [6.45, 7) is 0.485. The molecule has 0 saturated carbocycles. The SMILES string of the molecule is CNC(=O)NCCc1c(OC)cc(OC)cc1OC. The van der Waals surface area contributed by atoms with Crippen LogP contribution in [-0.4, -0.2) is 41.0 Å². The van der Waals surface area contributed by atoms with Gasteiger partial charge in [-0.2, -0.15) is 0 Å². The molecule has 1 rings (SSSR count). The molecule has 19 heavy (non-hydrogen) atoms. The maximum absolute atomic E-state index is 11.1. The first-order valence-corrected chi connectivity index (χ1v) is 5.90. The Morgan fingerprint density at radius 3 is 2.11 bits per heavy atom. The molecule has 2 amide bonds. The third kappa shape index (κ3) is 3.94. The highest BCUT2D eigenvalue weighted by molar-refractivity contribution is 5.73. The highest BCUT2D eigenvalue weighted by Gasteiger charge is 2.13. The molecule has 0 aliphatic rings. The molecule has 106 valence electrons. The molecule has 0 atom stereocenters. The maximum Gasteiger partial charge on any atom is 0.314 e. The van der Waals surface area contributed by atoms with Crippen LogP contribution in [0.15, 0.2) is 12.1 Å². The lowest BCUT2D eigenvalue weighted by molar-refractivity contribution is 0.243. The lowest BCUT2D eigenvalue weighted by Gasteiger charge is -2.15. The number of rotatable bonds is 6. The van der Waals surface area contributed by atoms with Crippen LogP contribution < -0.4 is 24.8 Å². The molecular formula is C13H20N2O4. The fraction of sp³-hybridized carbons (Fsp3) is 0.462. The zero-order chi connectivity index (χ0) is 14.3. The van der Waals surface area contributed by atoms with Gasteiger partial charge in [-0.3, -0.25) is 0 Å². The van der Waals surface area contributed by atoms with Crippen molar-refractivity contribution in [3.8, 4) is 17.2 Å². The number of carbonyl (C=O) groups excluding carboxylic acids is 1. The van der Waals surface area contributed by atoms with E-state index in [1.54, 1.807) is 40.5 Å². The fourth-order valence-electron chi connectivity index (χ4n) is 1.71. The van der Waals surface area contributed by atoms with Crippen molar-refractivity contribution in [2.24, 2.45) is 0 Å². The van der Waals surface area contributed by atoms with E-state index in [9.17, 15) is 4.79 Å². The summed E-state index contributed by atoms with van der Waals surface area (Å²) in [6, 6.07) is 3.36. The van der Waals surface area contributed by atoms with Crippen molar-refractivity contribution in [1.29, 1.82) is 0 Å². The normalized spacial score (nSPS) is 9.68. The second-order valence-corrected chi connectivity index (χ2v) is 3.77. The van der Waals surface area contributed by atoms with E-state index in [1.165, 1.54) is 0 Å². The molecule has 1 aromatic rings. The van der Waals surface area contributed by atoms with Gasteiger partial charge in [0.1, 0.15) is 17.2 Å². The first-order valence-electron chi connectivity index (χ1n) is 5.90. The molecule has 0 aliphatic carbocycles. The molecule has 0 aliphatic heterocycles. The number of hydrogen-bond acceptors (Lipinski definition) is 4. The summed E-state index contributed by atoms with van der Waals surface area (Å²) >= 11 is 0. The van der Waals surface area contributed by atoms with Crippen LogP contribution in [0.25, 0.3) is 0 Å². The molecule has 0 bridgehead atoms. The molecule has 6 nitrogen and oxygen atoms in total. The van der Waals surface area contributed by atoms with Crippen molar-refractivity contribution in [2.45, 2.75) is 6.42 Å². The van der Waals surface area contributed by atoms with Gasteiger partial charge in [-0.25, -0.2) is 4.79 Å². The molecule has 0 spiro atoms. The Hall–Kier alpha value is -2.11. The average molecular weight is 268 g/mol. The smallest absolute Gasteiger partial charge is 0.314 e. The standard InChI is InChI=1S/C13H20N2O4/c1-14-13(16)15-6-5-10-11(18-3)7-9(17-2)8-12(10)19-4/h7-8H,5-6H2,1-4H3,(H2,14,15,16). The van der Waals surface area contributed by atoms with E-state index in [2.05, 4.69) is 10.6 Å². The van der Waals surface area contributed by atoms with Crippen molar-refractivity contribution in [3.63, 3.8) is 0 Å². The number of amides is 2. The summed E-state index contributed by atoms with van der Waals surface area (Å²) in [5.74, 6) is 2.02. The minimum Gasteiger partial charge on any atom is -0.496 e. The van der Waals surface area contributed by atoms with Gasteiger partial charge in [0, 0.05) is 31.3 Å². The van der Waals surface area contributed by atoms with Gasteiger partial charge in [0.05, 0.1) is 21.3 Å². The number of urea groups is 1. The van der Waals surface area contributed by atoms with E-state index in [1.807, 2.05) is 0 Å². The summed E-state index contributed by atoms with van der Waals surface area (Å²) in [7, 11) is 6.33. The molecule has 2 N–H and O–H groups in total. The van der Waals surface area contributed by atoms with Gasteiger partial charge < -0.3 is 24.8 Å². The zero-order valence-corrected chi connectivity index (χ0v) is 11.7. The van der Waals surface area contributed by atoms with Gasteiger partial charge in [-0.15, -0.1) is 0 Å². The van der Waals surface area contributed by atoms with E-state index in [-0.39, 0.29) is 6.03 Å². The molecule has 1 aromatic carbocycles. The molecular weight excluding hydrogens is 248 g/mol. The van der Waals surface area contributed by atoms with E-state index in [0.29, 0.717) is 30.2 Å². The second-order valence-electron chi connectivity index (χ2n) is 3.77. The summed E-state index contributed by atoms with van der Waals surface area (Å²) in [4.78, 5) is 11.1. The molecule has 0 aromatic heterocycles. The molecule has 6 heteroatoms. The topological polar surface area (TPSA) is 68.8 Å². The van der Waals surface area contributed by atoms with Crippen LogP contribution in [0.3, 0.4) is 0 Å². The van der Waals surface area contributed by atoms with E-state index < -0.39 is 0 Å². The Labute approximate surface area is 113 Å². The first-order chi connectivity index (χ1) is 9.15. The maximum atomic E-state index is 11.1. The Morgan fingerprint density at radius 1 is 1.11 bits per heavy atom. The number of ether oxygens (including phenoxy) is 3. The van der Waals surface area contributed by atoms with Gasteiger partial charge in [-0.05, 0) is 6.42 Å². The number of nitrogens with one attached hydrogen (secondary N) is 2. The predicted molar refractivity (Wildman–Crippen MR) is 72.3 cm³/mol. The Balaban J connectivity index is 2.88. The molecule has 0 saturated heterocycles. The highest BCUT2D eigenvalue weighted by Crippen LogP contribution is 2.34. The summed E-state index contributed by atoms with van der Waals surface area (Å²) < 4.78 is 15.8. The largest absolute Gasteiger partial charge is 0.496 e. The van der Waals surface area contributed by atoms with Gasteiger partial charge in [0.15, 0.2) is 0 Å². The van der Waals surface area contributed by atoms with E-state index >= 15 is 0 Å². The molecule has 0 unspecified atom stereocenters. The summed E-state index contributed by atoms with van der Waals surface area (Å²) in [5.41, 5.74) is 0.891. The minimum atomic E-state index is -0.216. The summed E-state index contributed by atoms with van der Waals surface area (Å²) in [6.07, 6.45) is 0.601. The van der Waals surface area contributed by atoms with Crippen LogP contribution in [0.4, 0.5) is 4.79 Å². The van der Waals surface area contributed by atoms with Crippen molar-refractivity contribution in [2.75, 3.05) is 34.9 Å². The number of carbonyl (C=O) groups is 1. The van der Waals surface area contributed by atoms with Crippen molar-refractivity contribution < 1.29 is 19.0 Å². The number of benzene rings is 1. The van der Waals surface area contributed by atoms with Gasteiger partial charge in [-0.1, -0.05) is 0 Å². The van der Waals surface area contributed by atoms with Gasteiger partial charge in [0.2, 0.25) is 0 Å². The highest BCUT2D eigenvalue weighted by atomic mass is 16.5. The predicted octanol–water partition coefficient (Wildman–Crippen LogP) is 1.18. The fourth-order valence-corrected chi connectivity index (χ4v) is 1.71. The molecule has 0 heterocycles. The third-order valence-corrected chi connectivity index (χ3v) is 2.70. The Bertz CT molecular complexity index is 410. The molecule has 0 radical (unpaired) electrons. The molecule has 0 fully saturated rings. The van der Waals surface area contributed by atoms with Gasteiger partial charge >= 0.3 is 6.03 Å². The van der Waals surface area contributed by atoms with Crippen LogP contribution >= 0.6 is 0 Å². The first kappa shape index (κ1) is 14.9. The zero-order valence-electron chi connectivity index (χ0n) is 11.7. The summed E-state index contributed by atoms with van der Waals surface area (Å²) in [5, 5.41) is 5.21.